The zero-order chi connectivity index (χ0) is 18.6. The Morgan fingerprint density at radius 2 is 1.96 bits per heavy atom. The van der Waals surface area contributed by atoms with Crippen molar-refractivity contribution >= 4 is 22.6 Å². The lowest BCUT2D eigenvalue weighted by molar-refractivity contribution is 0.442. The molecule has 134 valence electrons. The summed E-state index contributed by atoms with van der Waals surface area (Å²) in [4.78, 5) is 0. The van der Waals surface area contributed by atoms with Crippen molar-refractivity contribution in [1.82, 2.24) is 10.2 Å². The third kappa shape index (κ3) is 3.75. The Morgan fingerprint density at radius 3 is 2.81 bits per heavy atom. The van der Waals surface area contributed by atoms with Crippen LogP contribution in [0, 0.1) is 5.82 Å². The first-order chi connectivity index (χ1) is 13.2. The van der Waals surface area contributed by atoms with Crippen molar-refractivity contribution in [2.75, 3.05) is 0 Å². The molecule has 0 amide bonds. The number of nitrogens with one attached hydrogen (secondary N) is 1. The Kier molecular flexibility index (Phi) is 4.71. The number of hydrogen-bond donors (Lipinski definition) is 1. The molecule has 0 spiro atoms. The highest BCUT2D eigenvalue weighted by Crippen LogP contribution is 2.29. The molecule has 1 N–H and O–H groups in total. The van der Waals surface area contributed by atoms with Gasteiger partial charge in [-0.1, -0.05) is 43.3 Å². The molecule has 27 heavy (non-hydrogen) atoms. The number of H-pyrrole nitrogens is 1. The Morgan fingerprint density at radius 1 is 1.07 bits per heavy atom. The van der Waals surface area contributed by atoms with Crippen LogP contribution < -0.4 is 4.74 Å². The predicted molar refractivity (Wildman–Crippen MR) is 107 cm³/mol. The summed E-state index contributed by atoms with van der Waals surface area (Å²) in [6.07, 6.45) is 4.85. The number of halogens is 1. The third-order valence-electron chi connectivity index (χ3n) is 4.46. The van der Waals surface area contributed by atoms with Crippen molar-refractivity contribution in [3.8, 4) is 11.5 Å². The van der Waals surface area contributed by atoms with E-state index in [0.29, 0.717) is 5.75 Å². The molecule has 0 aliphatic carbocycles. The fourth-order valence-electron chi connectivity index (χ4n) is 3.06. The van der Waals surface area contributed by atoms with Gasteiger partial charge in [-0.15, -0.1) is 0 Å². The Balaban J connectivity index is 1.65. The Bertz CT molecular complexity index is 1110. The molecule has 1 heterocycles. The van der Waals surface area contributed by atoms with Crippen LogP contribution in [0.4, 0.5) is 4.39 Å². The molecule has 0 saturated carbocycles. The molecule has 0 saturated heterocycles. The highest BCUT2D eigenvalue weighted by molar-refractivity contribution is 5.86. The molecule has 4 aromatic rings. The molecule has 4 rings (SSSR count). The quantitative estimate of drug-likeness (QED) is 0.417. The van der Waals surface area contributed by atoms with E-state index in [4.69, 9.17) is 4.74 Å². The molecular weight excluding hydrogens is 339 g/mol. The SMILES string of the molecule is CC/C(=C\c1ccc2[nH]ncc2c1)c1cccc(Oc2ccccc2F)c1. The van der Waals surface area contributed by atoms with E-state index in [1.807, 2.05) is 36.5 Å². The lowest BCUT2D eigenvalue weighted by atomic mass is 10.00. The van der Waals surface area contributed by atoms with Crippen LogP contribution in [0.25, 0.3) is 22.6 Å². The van der Waals surface area contributed by atoms with Gasteiger partial charge in [0.05, 0.1) is 11.7 Å². The van der Waals surface area contributed by atoms with Crippen LogP contribution in [0.1, 0.15) is 24.5 Å². The van der Waals surface area contributed by atoms with Gasteiger partial charge in [-0.3, -0.25) is 5.10 Å². The minimum atomic E-state index is -0.373. The maximum absolute atomic E-state index is 13.8. The van der Waals surface area contributed by atoms with Crippen LogP contribution in [-0.2, 0) is 0 Å². The predicted octanol–water partition coefficient (Wildman–Crippen LogP) is 6.44. The average Bonchev–Trinajstić information content (AvgIpc) is 3.16. The maximum Gasteiger partial charge on any atom is 0.165 e. The standard InChI is InChI=1S/C23H19FN2O/c1-2-17(12-16-10-11-22-19(13-16)15-25-26-22)18-6-5-7-20(14-18)27-23-9-4-3-8-21(23)24/h3-15H,2H2,1H3,(H,25,26)/b17-12+. The van der Waals surface area contributed by atoms with E-state index in [9.17, 15) is 4.39 Å². The number of aromatic nitrogens is 2. The number of ether oxygens (including phenoxy) is 1. The molecule has 0 aliphatic heterocycles. The largest absolute Gasteiger partial charge is 0.454 e. The summed E-state index contributed by atoms with van der Waals surface area (Å²) >= 11 is 0. The van der Waals surface area contributed by atoms with Crippen LogP contribution >= 0.6 is 0 Å². The topological polar surface area (TPSA) is 37.9 Å². The van der Waals surface area contributed by atoms with Gasteiger partial charge in [0.25, 0.3) is 0 Å². The van der Waals surface area contributed by atoms with Crippen LogP contribution in [-0.4, -0.2) is 10.2 Å². The zero-order valence-corrected chi connectivity index (χ0v) is 14.9. The molecule has 1 aromatic heterocycles. The van der Waals surface area contributed by atoms with Gasteiger partial charge in [-0.2, -0.15) is 5.10 Å². The number of hydrogen-bond acceptors (Lipinski definition) is 2. The van der Waals surface area contributed by atoms with Gasteiger partial charge in [0.1, 0.15) is 5.75 Å². The summed E-state index contributed by atoms with van der Waals surface area (Å²) in [6.45, 7) is 2.12. The number of fused-ring (bicyclic) bond motifs is 1. The Labute approximate surface area is 157 Å². The molecule has 0 unspecified atom stereocenters. The van der Waals surface area contributed by atoms with Crippen molar-refractivity contribution in [2.24, 2.45) is 0 Å². The van der Waals surface area contributed by atoms with Crippen LogP contribution in [0.2, 0.25) is 0 Å². The molecule has 0 aliphatic rings. The molecule has 0 atom stereocenters. The van der Waals surface area contributed by atoms with Crippen molar-refractivity contribution < 1.29 is 9.13 Å². The highest BCUT2D eigenvalue weighted by atomic mass is 19.1. The second-order valence-electron chi connectivity index (χ2n) is 6.30. The van der Waals surface area contributed by atoms with E-state index in [0.717, 1.165) is 28.5 Å². The number of nitrogens with zero attached hydrogens (tertiary/aromatic N) is 1. The van der Waals surface area contributed by atoms with E-state index in [1.165, 1.54) is 11.6 Å². The first-order valence-corrected chi connectivity index (χ1v) is 8.89. The summed E-state index contributed by atoms with van der Waals surface area (Å²) in [5, 5.41) is 8.11. The van der Waals surface area contributed by atoms with Gasteiger partial charge in [-0.05, 0) is 59.5 Å². The van der Waals surface area contributed by atoms with Crippen LogP contribution in [0.15, 0.2) is 72.9 Å². The fourth-order valence-corrected chi connectivity index (χ4v) is 3.06. The summed E-state index contributed by atoms with van der Waals surface area (Å²) in [5.41, 5.74) is 4.36. The third-order valence-corrected chi connectivity index (χ3v) is 4.46. The number of benzene rings is 3. The minimum absolute atomic E-state index is 0.224. The second-order valence-corrected chi connectivity index (χ2v) is 6.30. The van der Waals surface area contributed by atoms with E-state index < -0.39 is 0 Å². The monoisotopic (exact) mass is 358 g/mol. The maximum atomic E-state index is 13.8. The Hall–Kier alpha value is -3.40. The van der Waals surface area contributed by atoms with E-state index in [2.05, 4.69) is 35.3 Å². The van der Waals surface area contributed by atoms with Gasteiger partial charge >= 0.3 is 0 Å². The number of rotatable bonds is 5. The smallest absolute Gasteiger partial charge is 0.165 e. The first-order valence-electron chi connectivity index (χ1n) is 8.89. The van der Waals surface area contributed by atoms with Gasteiger partial charge in [0.15, 0.2) is 11.6 Å². The summed E-state index contributed by atoms with van der Waals surface area (Å²) in [6, 6.07) is 20.4. The fraction of sp³-hybridized carbons (Fsp3) is 0.0870. The number of para-hydroxylation sites is 1. The van der Waals surface area contributed by atoms with Gasteiger partial charge < -0.3 is 4.74 Å². The molecule has 0 fully saturated rings. The normalized spacial score (nSPS) is 11.7. The van der Waals surface area contributed by atoms with E-state index >= 15 is 0 Å². The van der Waals surface area contributed by atoms with Crippen molar-refractivity contribution in [2.45, 2.75) is 13.3 Å². The molecule has 4 heteroatoms. The van der Waals surface area contributed by atoms with Gasteiger partial charge in [0.2, 0.25) is 0 Å². The van der Waals surface area contributed by atoms with Crippen molar-refractivity contribution in [3.05, 3.63) is 89.9 Å². The minimum Gasteiger partial charge on any atom is -0.454 e. The first kappa shape index (κ1) is 17.0. The summed E-state index contributed by atoms with van der Waals surface area (Å²) in [7, 11) is 0. The van der Waals surface area contributed by atoms with E-state index in [-0.39, 0.29) is 11.6 Å². The molecule has 3 aromatic carbocycles. The zero-order valence-electron chi connectivity index (χ0n) is 14.9. The number of aromatic amines is 1. The highest BCUT2D eigenvalue weighted by Gasteiger charge is 2.06. The average molecular weight is 358 g/mol. The lowest BCUT2D eigenvalue weighted by Crippen LogP contribution is -1.90. The summed E-state index contributed by atoms with van der Waals surface area (Å²) < 4.78 is 19.6. The molecule has 3 nitrogen and oxygen atoms in total. The van der Waals surface area contributed by atoms with Crippen molar-refractivity contribution in [3.63, 3.8) is 0 Å². The second kappa shape index (κ2) is 7.46. The van der Waals surface area contributed by atoms with Crippen LogP contribution in [0.5, 0.6) is 11.5 Å². The molecule has 0 radical (unpaired) electrons. The van der Waals surface area contributed by atoms with Gasteiger partial charge in [0, 0.05) is 5.39 Å². The van der Waals surface area contributed by atoms with Gasteiger partial charge in [-0.25, -0.2) is 4.39 Å². The molecular formula is C23H19FN2O. The lowest BCUT2D eigenvalue weighted by Gasteiger charge is -2.10. The van der Waals surface area contributed by atoms with Crippen LogP contribution in [0.3, 0.4) is 0 Å². The number of allylic oxidation sites excluding steroid dienone is 1. The van der Waals surface area contributed by atoms with Crippen molar-refractivity contribution in [1.29, 1.82) is 0 Å². The van der Waals surface area contributed by atoms with E-state index in [1.54, 1.807) is 18.2 Å². The molecule has 0 bridgehead atoms. The summed E-state index contributed by atoms with van der Waals surface area (Å²) in [5.74, 6) is 0.465.